The lowest BCUT2D eigenvalue weighted by molar-refractivity contribution is -0.123. The number of nitrogens with zero attached hydrogens (tertiary/aromatic N) is 2. The predicted molar refractivity (Wildman–Crippen MR) is 115 cm³/mol. The first-order valence-electron chi connectivity index (χ1n) is 9.11. The van der Waals surface area contributed by atoms with E-state index in [1.165, 1.54) is 4.90 Å². The van der Waals surface area contributed by atoms with E-state index in [2.05, 4.69) is 9.69 Å². The van der Waals surface area contributed by atoms with Crippen LogP contribution in [0, 0.1) is 13.8 Å². The Kier molecular flexibility index (Phi) is 6.32. The summed E-state index contributed by atoms with van der Waals surface area (Å²) in [6, 6.07) is 4.65. The molecule has 1 aromatic carbocycles. The van der Waals surface area contributed by atoms with Crippen molar-refractivity contribution in [1.82, 2.24) is 9.69 Å². The molecule has 29 heavy (non-hydrogen) atoms. The van der Waals surface area contributed by atoms with Crippen LogP contribution in [-0.2, 0) is 4.79 Å². The SMILES string of the molecule is Cc1ccc(N(C(=O)c2snc(C(N)=O)c2N)C(C)C(=O)NC(C)(C)C)cc1C. The summed E-state index contributed by atoms with van der Waals surface area (Å²) in [5.74, 6) is -1.65. The Labute approximate surface area is 174 Å². The third kappa shape index (κ3) is 4.92. The van der Waals surface area contributed by atoms with E-state index in [-0.39, 0.29) is 22.2 Å². The number of carbonyl (C=O) groups is 3. The molecule has 1 unspecified atom stereocenters. The van der Waals surface area contributed by atoms with E-state index in [9.17, 15) is 14.4 Å². The minimum absolute atomic E-state index is 0.0624. The first-order valence-corrected chi connectivity index (χ1v) is 9.88. The van der Waals surface area contributed by atoms with Crippen molar-refractivity contribution in [3.63, 3.8) is 0 Å². The fraction of sp³-hybridized carbons (Fsp3) is 0.400. The first-order chi connectivity index (χ1) is 13.3. The molecule has 2 rings (SSSR count). The highest BCUT2D eigenvalue weighted by atomic mass is 32.1. The third-order valence-electron chi connectivity index (χ3n) is 4.41. The molecule has 0 saturated heterocycles. The standard InChI is InChI=1S/C20H27N5O3S/c1-10-7-8-13(9-11(10)2)25(12(3)18(27)23-20(4,5)6)19(28)16-14(21)15(17(22)26)24-29-16/h7-9,12H,21H2,1-6H3,(H2,22,26)(H,23,27). The number of rotatable bonds is 5. The second-order valence-electron chi connectivity index (χ2n) is 8.00. The van der Waals surface area contributed by atoms with Gasteiger partial charge in [0.05, 0.1) is 5.69 Å². The maximum atomic E-state index is 13.4. The molecule has 1 atom stereocenters. The minimum atomic E-state index is -0.831. The number of hydrogen-bond donors (Lipinski definition) is 3. The molecular weight excluding hydrogens is 390 g/mol. The van der Waals surface area contributed by atoms with Crippen molar-refractivity contribution < 1.29 is 14.4 Å². The van der Waals surface area contributed by atoms with E-state index in [0.29, 0.717) is 5.69 Å². The molecule has 0 aliphatic rings. The van der Waals surface area contributed by atoms with Crippen LogP contribution in [0.4, 0.5) is 11.4 Å². The number of primary amides is 1. The van der Waals surface area contributed by atoms with E-state index in [0.717, 1.165) is 22.7 Å². The number of benzene rings is 1. The lowest BCUT2D eigenvalue weighted by Crippen LogP contribution is -2.53. The van der Waals surface area contributed by atoms with E-state index < -0.39 is 23.4 Å². The van der Waals surface area contributed by atoms with Gasteiger partial charge in [-0.2, -0.15) is 4.37 Å². The number of nitrogens with two attached hydrogens (primary N) is 2. The number of hydrogen-bond acceptors (Lipinski definition) is 6. The minimum Gasteiger partial charge on any atom is -0.395 e. The third-order valence-corrected chi connectivity index (χ3v) is 5.26. The molecule has 0 spiro atoms. The van der Waals surface area contributed by atoms with Crippen LogP contribution in [0.15, 0.2) is 18.2 Å². The smallest absolute Gasteiger partial charge is 0.272 e. The van der Waals surface area contributed by atoms with Crippen LogP contribution in [0.25, 0.3) is 0 Å². The highest BCUT2D eigenvalue weighted by Crippen LogP contribution is 2.28. The maximum Gasteiger partial charge on any atom is 0.272 e. The Morgan fingerprint density at radius 3 is 2.28 bits per heavy atom. The summed E-state index contributed by atoms with van der Waals surface area (Å²) >= 11 is 0.786. The van der Waals surface area contributed by atoms with Crippen LogP contribution in [0.1, 0.15) is 59.0 Å². The average Bonchev–Trinajstić information content (AvgIpc) is 2.98. The normalized spacial score (nSPS) is 12.3. The molecular formula is C20H27N5O3S. The average molecular weight is 418 g/mol. The van der Waals surface area contributed by atoms with Gasteiger partial charge in [-0.15, -0.1) is 0 Å². The number of nitrogens with one attached hydrogen (secondary N) is 1. The van der Waals surface area contributed by atoms with Crippen molar-refractivity contribution in [2.24, 2.45) is 5.73 Å². The van der Waals surface area contributed by atoms with E-state index in [1.807, 2.05) is 46.8 Å². The van der Waals surface area contributed by atoms with Crippen LogP contribution in [0.2, 0.25) is 0 Å². The maximum absolute atomic E-state index is 13.4. The summed E-state index contributed by atoms with van der Waals surface area (Å²) in [6.45, 7) is 11.1. The molecule has 9 heteroatoms. The van der Waals surface area contributed by atoms with Crippen molar-refractivity contribution in [2.45, 2.75) is 53.1 Å². The second-order valence-corrected chi connectivity index (χ2v) is 8.77. The van der Waals surface area contributed by atoms with Gasteiger partial charge >= 0.3 is 0 Å². The zero-order valence-electron chi connectivity index (χ0n) is 17.5. The number of aryl methyl sites for hydroxylation is 2. The molecule has 1 heterocycles. The van der Waals surface area contributed by atoms with Crippen LogP contribution < -0.4 is 21.7 Å². The van der Waals surface area contributed by atoms with Crippen molar-refractivity contribution in [3.05, 3.63) is 39.9 Å². The quantitative estimate of drug-likeness (QED) is 0.687. The fourth-order valence-corrected chi connectivity index (χ4v) is 3.46. The molecule has 0 radical (unpaired) electrons. The van der Waals surface area contributed by atoms with Gasteiger partial charge in [0.25, 0.3) is 11.8 Å². The van der Waals surface area contributed by atoms with Crippen molar-refractivity contribution in [3.8, 4) is 0 Å². The second kappa shape index (κ2) is 8.20. The number of amides is 3. The summed E-state index contributed by atoms with van der Waals surface area (Å²) in [5.41, 5.74) is 13.1. The van der Waals surface area contributed by atoms with Gasteiger partial charge < -0.3 is 16.8 Å². The van der Waals surface area contributed by atoms with Gasteiger partial charge in [0, 0.05) is 11.2 Å². The molecule has 5 N–H and O–H groups in total. The van der Waals surface area contributed by atoms with E-state index in [4.69, 9.17) is 11.5 Å². The molecule has 0 aliphatic heterocycles. The lowest BCUT2D eigenvalue weighted by Gasteiger charge is -2.31. The molecule has 0 aliphatic carbocycles. The van der Waals surface area contributed by atoms with Gasteiger partial charge in [0.2, 0.25) is 5.91 Å². The molecule has 0 fully saturated rings. The predicted octanol–water partition coefficient (Wildman–Crippen LogP) is 2.39. The molecule has 2 aromatic rings. The van der Waals surface area contributed by atoms with Gasteiger partial charge in [0.1, 0.15) is 10.9 Å². The lowest BCUT2D eigenvalue weighted by atomic mass is 10.1. The Hall–Kier alpha value is -2.94. The Bertz CT molecular complexity index is 962. The molecule has 3 amide bonds. The molecule has 8 nitrogen and oxygen atoms in total. The summed E-state index contributed by atoms with van der Waals surface area (Å²) in [6.07, 6.45) is 0. The summed E-state index contributed by atoms with van der Waals surface area (Å²) in [4.78, 5) is 39.1. The van der Waals surface area contributed by atoms with E-state index in [1.54, 1.807) is 13.0 Å². The largest absolute Gasteiger partial charge is 0.395 e. The molecule has 1 aromatic heterocycles. The zero-order valence-corrected chi connectivity index (χ0v) is 18.3. The highest BCUT2D eigenvalue weighted by Gasteiger charge is 2.33. The molecule has 0 bridgehead atoms. The Balaban J connectivity index is 2.54. The Morgan fingerprint density at radius 1 is 1.17 bits per heavy atom. The van der Waals surface area contributed by atoms with E-state index >= 15 is 0 Å². The first kappa shape index (κ1) is 22.4. The number of nitrogen functional groups attached to an aromatic ring is 1. The molecule has 156 valence electrons. The van der Waals surface area contributed by atoms with Crippen LogP contribution in [-0.4, -0.2) is 33.7 Å². The number of anilines is 2. The molecule has 0 saturated carbocycles. The van der Waals surface area contributed by atoms with Crippen molar-refractivity contribution >= 4 is 40.6 Å². The topological polar surface area (TPSA) is 131 Å². The van der Waals surface area contributed by atoms with Crippen LogP contribution >= 0.6 is 11.5 Å². The highest BCUT2D eigenvalue weighted by molar-refractivity contribution is 7.09. The van der Waals surface area contributed by atoms with Crippen molar-refractivity contribution in [2.75, 3.05) is 10.6 Å². The van der Waals surface area contributed by atoms with Gasteiger partial charge in [-0.25, -0.2) is 0 Å². The summed E-state index contributed by atoms with van der Waals surface area (Å²) in [7, 11) is 0. The number of carbonyl (C=O) groups excluding carboxylic acids is 3. The Morgan fingerprint density at radius 2 is 1.79 bits per heavy atom. The van der Waals surface area contributed by atoms with Gasteiger partial charge in [-0.1, -0.05) is 6.07 Å². The monoisotopic (exact) mass is 417 g/mol. The van der Waals surface area contributed by atoms with Gasteiger partial charge in [-0.05, 0) is 76.3 Å². The van der Waals surface area contributed by atoms with Crippen molar-refractivity contribution in [1.29, 1.82) is 0 Å². The fourth-order valence-electron chi connectivity index (χ4n) is 2.72. The van der Waals surface area contributed by atoms with Crippen LogP contribution in [0.5, 0.6) is 0 Å². The zero-order chi connectivity index (χ0) is 22.1. The number of aromatic nitrogens is 1. The van der Waals surface area contributed by atoms with Crippen LogP contribution in [0.3, 0.4) is 0 Å². The van der Waals surface area contributed by atoms with Gasteiger partial charge in [0.15, 0.2) is 5.69 Å². The summed E-state index contributed by atoms with van der Waals surface area (Å²) < 4.78 is 3.90. The van der Waals surface area contributed by atoms with Gasteiger partial charge in [-0.3, -0.25) is 19.3 Å². The summed E-state index contributed by atoms with van der Waals surface area (Å²) in [5, 5.41) is 2.89.